The van der Waals surface area contributed by atoms with E-state index in [0.717, 1.165) is 0 Å². The SMILES string of the molecule is COc1ccc(Cl)c(OC)c1S(=O)(=O)NC(=O)c1ccc(Cn2cccn2)c(OC)n1. The number of nitrogens with one attached hydrogen (secondary N) is 1. The van der Waals surface area contributed by atoms with Crippen LogP contribution in [0.15, 0.2) is 47.6 Å². The molecule has 31 heavy (non-hydrogen) atoms. The Bertz CT molecular complexity index is 1200. The van der Waals surface area contributed by atoms with Crippen molar-refractivity contribution in [2.75, 3.05) is 21.3 Å². The first kappa shape index (κ1) is 22.4. The minimum absolute atomic E-state index is 0.0401. The second kappa shape index (κ2) is 9.23. The molecule has 0 radical (unpaired) electrons. The van der Waals surface area contributed by atoms with Crippen LogP contribution in [0.1, 0.15) is 16.1 Å². The third-order valence-corrected chi connectivity index (χ3v) is 5.88. The van der Waals surface area contributed by atoms with Crippen LogP contribution in [0.25, 0.3) is 0 Å². The van der Waals surface area contributed by atoms with Crippen molar-refractivity contribution >= 4 is 27.5 Å². The molecule has 1 amide bonds. The molecule has 10 nitrogen and oxygen atoms in total. The Morgan fingerprint density at radius 2 is 1.90 bits per heavy atom. The van der Waals surface area contributed by atoms with E-state index in [1.807, 2.05) is 4.72 Å². The highest BCUT2D eigenvalue weighted by Gasteiger charge is 2.29. The highest BCUT2D eigenvalue weighted by Crippen LogP contribution is 2.38. The van der Waals surface area contributed by atoms with Crippen LogP contribution in [0, 0.1) is 0 Å². The zero-order valence-corrected chi connectivity index (χ0v) is 18.4. The van der Waals surface area contributed by atoms with Crippen LogP contribution in [0.4, 0.5) is 0 Å². The van der Waals surface area contributed by atoms with Gasteiger partial charge in [-0.15, -0.1) is 0 Å². The Morgan fingerprint density at radius 3 is 2.52 bits per heavy atom. The summed E-state index contributed by atoms with van der Waals surface area (Å²) in [6.07, 6.45) is 3.39. The highest BCUT2D eigenvalue weighted by molar-refractivity contribution is 7.90. The number of methoxy groups -OCH3 is 3. The maximum Gasteiger partial charge on any atom is 0.283 e. The summed E-state index contributed by atoms with van der Waals surface area (Å²) >= 11 is 6.04. The number of benzene rings is 1. The molecule has 12 heteroatoms. The first-order chi connectivity index (χ1) is 14.8. The van der Waals surface area contributed by atoms with E-state index in [0.29, 0.717) is 12.1 Å². The van der Waals surface area contributed by atoms with Crippen molar-refractivity contribution in [2.45, 2.75) is 11.4 Å². The Labute approximate surface area is 183 Å². The monoisotopic (exact) mass is 466 g/mol. The first-order valence-corrected chi connectivity index (χ1v) is 10.7. The molecule has 0 fully saturated rings. The summed E-state index contributed by atoms with van der Waals surface area (Å²) in [5.74, 6) is -0.991. The van der Waals surface area contributed by atoms with E-state index in [9.17, 15) is 13.2 Å². The van der Waals surface area contributed by atoms with Gasteiger partial charge in [0.05, 0.1) is 32.9 Å². The third kappa shape index (κ3) is 4.72. The summed E-state index contributed by atoms with van der Waals surface area (Å²) in [4.78, 5) is 16.4. The molecule has 2 aromatic heterocycles. The second-order valence-corrected chi connectivity index (χ2v) is 8.14. The summed E-state index contributed by atoms with van der Waals surface area (Å²) in [6.45, 7) is 0.361. The molecular formula is C19H19ClN4O6S. The van der Waals surface area contributed by atoms with Crippen LogP contribution in [0.5, 0.6) is 17.4 Å². The number of carbonyl (C=O) groups is 1. The maximum atomic E-state index is 12.9. The van der Waals surface area contributed by atoms with Crippen LogP contribution in [-0.2, 0) is 16.6 Å². The summed E-state index contributed by atoms with van der Waals surface area (Å²) in [6, 6.07) is 7.54. The molecule has 2 heterocycles. The molecule has 3 aromatic rings. The topological polar surface area (TPSA) is 122 Å². The van der Waals surface area contributed by atoms with Gasteiger partial charge in [-0.3, -0.25) is 9.48 Å². The number of nitrogens with zero attached hydrogens (tertiary/aromatic N) is 3. The van der Waals surface area contributed by atoms with Gasteiger partial charge in [0.1, 0.15) is 11.4 Å². The number of hydrogen-bond acceptors (Lipinski definition) is 8. The van der Waals surface area contributed by atoms with Gasteiger partial charge >= 0.3 is 0 Å². The molecule has 0 spiro atoms. The van der Waals surface area contributed by atoms with Gasteiger partial charge < -0.3 is 14.2 Å². The van der Waals surface area contributed by atoms with E-state index >= 15 is 0 Å². The fourth-order valence-electron chi connectivity index (χ4n) is 2.81. The minimum Gasteiger partial charge on any atom is -0.495 e. The van der Waals surface area contributed by atoms with Crippen molar-refractivity contribution in [1.82, 2.24) is 19.5 Å². The van der Waals surface area contributed by atoms with Gasteiger partial charge in [0, 0.05) is 18.0 Å². The highest BCUT2D eigenvalue weighted by atomic mass is 35.5. The van der Waals surface area contributed by atoms with Crippen molar-refractivity contribution in [2.24, 2.45) is 0 Å². The lowest BCUT2D eigenvalue weighted by atomic mass is 10.2. The molecule has 1 N–H and O–H groups in total. The molecule has 0 aliphatic heterocycles. The zero-order valence-electron chi connectivity index (χ0n) is 16.8. The molecule has 3 rings (SSSR count). The lowest BCUT2D eigenvalue weighted by Crippen LogP contribution is -2.32. The van der Waals surface area contributed by atoms with Crippen LogP contribution < -0.4 is 18.9 Å². The summed E-state index contributed by atoms with van der Waals surface area (Å²) in [5.41, 5.74) is 0.494. The number of ether oxygens (including phenoxy) is 3. The minimum atomic E-state index is -4.42. The molecule has 0 bridgehead atoms. The molecule has 164 valence electrons. The van der Waals surface area contributed by atoms with E-state index in [-0.39, 0.29) is 28.1 Å². The average molecular weight is 467 g/mol. The normalized spacial score (nSPS) is 11.1. The number of amides is 1. The summed E-state index contributed by atoms with van der Waals surface area (Å²) in [5, 5.41) is 4.15. The molecule has 1 aromatic carbocycles. The zero-order chi connectivity index (χ0) is 22.6. The molecule has 0 unspecified atom stereocenters. The molecule has 0 aliphatic carbocycles. The first-order valence-electron chi connectivity index (χ1n) is 8.79. The second-order valence-electron chi connectivity index (χ2n) is 6.12. The van der Waals surface area contributed by atoms with Gasteiger partial charge in [0.2, 0.25) is 5.88 Å². The van der Waals surface area contributed by atoms with Crippen molar-refractivity contribution in [3.63, 3.8) is 0 Å². The number of pyridine rings is 1. The predicted molar refractivity (Wildman–Crippen MR) is 111 cm³/mol. The number of sulfonamides is 1. The largest absolute Gasteiger partial charge is 0.495 e. The Balaban J connectivity index is 1.92. The standard InChI is InChI=1S/C19H19ClN4O6S/c1-28-15-8-6-13(20)16(29-2)17(15)31(26,27)23-18(25)14-7-5-12(19(22-14)30-3)11-24-10-4-9-21-24/h4-10H,11H2,1-3H3,(H,23,25). The Hall–Kier alpha value is -3.31. The van der Waals surface area contributed by atoms with Crippen LogP contribution in [-0.4, -0.2) is 50.4 Å². The van der Waals surface area contributed by atoms with Crippen molar-refractivity contribution in [3.8, 4) is 17.4 Å². The number of halogens is 1. The van der Waals surface area contributed by atoms with Gasteiger partial charge in [0.15, 0.2) is 10.6 Å². The van der Waals surface area contributed by atoms with Gasteiger partial charge in [-0.05, 0) is 30.3 Å². The summed E-state index contributed by atoms with van der Waals surface area (Å²) in [7, 11) is -0.475. The lowest BCUT2D eigenvalue weighted by molar-refractivity contribution is 0.0975. The van der Waals surface area contributed by atoms with E-state index in [2.05, 4.69) is 10.1 Å². The maximum absolute atomic E-state index is 12.9. The number of hydrogen-bond donors (Lipinski definition) is 1. The molecule has 0 aliphatic rings. The number of carbonyl (C=O) groups excluding carboxylic acids is 1. The smallest absolute Gasteiger partial charge is 0.283 e. The van der Waals surface area contributed by atoms with Crippen LogP contribution >= 0.6 is 11.6 Å². The molecule has 0 atom stereocenters. The molecule has 0 saturated heterocycles. The van der Waals surface area contributed by atoms with Crippen molar-refractivity contribution in [1.29, 1.82) is 0 Å². The lowest BCUT2D eigenvalue weighted by Gasteiger charge is -2.15. The predicted octanol–water partition coefficient (Wildman–Crippen LogP) is 2.12. The van der Waals surface area contributed by atoms with Crippen molar-refractivity contribution < 1.29 is 27.4 Å². The van der Waals surface area contributed by atoms with Gasteiger partial charge in [0.25, 0.3) is 15.9 Å². The fourth-order valence-corrected chi connectivity index (χ4v) is 4.41. The third-order valence-electron chi connectivity index (χ3n) is 4.20. The van der Waals surface area contributed by atoms with E-state index in [1.165, 1.54) is 39.5 Å². The fraction of sp³-hybridized carbons (Fsp3) is 0.211. The average Bonchev–Trinajstić information content (AvgIpc) is 3.26. The van der Waals surface area contributed by atoms with E-state index < -0.39 is 20.8 Å². The van der Waals surface area contributed by atoms with Crippen LogP contribution in [0.3, 0.4) is 0 Å². The van der Waals surface area contributed by atoms with Crippen LogP contribution in [0.2, 0.25) is 5.02 Å². The number of rotatable bonds is 8. The van der Waals surface area contributed by atoms with Gasteiger partial charge in [-0.2, -0.15) is 5.10 Å². The van der Waals surface area contributed by atoms with Crippen molar-refractivity contribution in [3.05, 3.63) is 59.0 Å². The Kier molecular flexibility index (Phi) is 6.66. The number of aromatic nitrogens is 3. The summed E-state index contributed by atoms with van der Waals surface area (Å²) < 4.78 is 45.0. The van der Waals surface area contributed by atoms with E-state index in [4.69, 9.17) is 25.8 Å². The molecule has 0 saturated carbocycles. The van der Waals surface area contributed by atoms with Gasteiger partial charge in [-0.25, -0.2) is 18.1 Å². The van der Waals surface area contributed by atoms with Gasteiger partial charge in [-0.1, -0.05) is 11.6 Å². The Morgan fingerprint density at radius 1 is 1.13 bits per heavy atom. The molecular weight excluding hydrogens is 448 g/mol. The van der Waals surface area contributed by atoms with E-state index in [1.54, 1.807) is 29.2 Å². The quantitative estimate of drug-likeness (QED) is 0.535.